The van der Waals surface area contributed by atoms with Gasteiger partial charge in [-0.1, -0.05) is 12.1 Å². The van der Waals surface area contributed by atoms with Crippen molar-refractivity contribution in [2.45, 2.75) is 19.4 Å². The number of terminal acetylenes is 1. The van der Waals surface area contributed by atoms with Crippen molar-refractivity contribution in [1.82, 2.24) is 0 Å². The fourth-order valence-corrected chi connectivity index (χ4v) is 1.27. The number of esters is 1. The van der Waals surface area contributed by atoms with E-state index in [9.17, 15) is 4.79 Å². The Labute approximate surface area is 95.4 Å². The number of carbonyl (C=O) groups is 1. The first-order valence-corrected chi connectivity index (χ1v) is 4.96. The third-order valence-corrected chi connectivity index (χ3v) is 2.04. The van der Waals surface area contributed by atoms with Crippen molar-refractivity contribution in [3.63, 3.8) is 0 Å². The molecule has 1 aromatic carbocycles. The average Bonchev–Trinajstić information content (AvgIpc) is 2.29. The number of hydrogen-bond acceptors (Lipinski definition) is 3. The van der Waals surface area contributed by atoms with Gasteiger partial charge in [0.2, 0.25) is 0 Å². The summed E-state index contributed by atoms with van der Waals surface area (Å²) in [6, 6.07) is 6.91. The molecule has 1 aromatic rings. The van der Waals surface area contributed by atoms with Crippen LogP contribution in [0.5, 0.6) is 5.75 Å². The second-order valence-electron chi connectivity index (χ2n) is 3.32. The number of hydrogen-bond donors (Lipinski definition) is 0. The fourth-order valence-electron chi connectivity index (χ4n) is 1.27. The van der Waals surface area contributed by atoms with Gasteiger partial charge in [-0.05, 0) is 19.1 Å². The van der Waals surface area contributed by atoms with E-state index in [1.807, 2.05) is 0 Å². The normalized spacial score (nSPS) is 11.3. The maximum atomic E-state index is 11.7. The molecule has 0 spiro atoms. The minimum absolute atomic E-state index is 0.289. The van der Waals surface area contributed by atoms with Crippen LogP contribution in [0.15, 0.2) is 24.3 Å². The van der Waals surface area contributed by atoms with Crippen molar-refractivity contribution in [1.29, 1.82) is 0 Å². The molecule has 3 heteroatoms. The second kappa shape index (κ2) is 5.82. The van der Waals surface area contributed by atoms with Crippen LogP contribution in [0.4, 0.5) is 0 Å². The van der Waals surface area contributed by atoms with Crippen LogP contribution in [0.3, 0.4) is 0 Å². The Kier molecular flexibility index (Phi) is 4.41. The Morgan fingerprint density at radius 2 is 2.19 bits per heavy atom. The quantitative estimate of drug-likeness (QED) is 0.574. The van der Waals surface area contributed by atoms with Gasteiger partial charge in [-0.25, -0.2) is 4.79 Å². The van der Waals surface area contributed by atoms with Gasteiger partial charge < -0.3 is 9.47 Å². The van der Waals surface area contributed by atoms with E-state index in [-0.39, 0.29) is 6.10 Å². The largest absolute Gasteiger partial charge is 0.496 e. The van der Waals surface area contributed by atoms with Crippen LogP contribution in [0.1, 0.15) is 23.7 Å². The molecule has 0 aromatic heterocycles. The molecule has 0 fully saturated rings. The lowest BCUT2D eigenvalue weighted by Gasteiger charge is -2.12. The van der Waals surface area contributed by atoms with E-state index in [1.165, 1.54) is 7.11 Å². The summed E-state index contributed by atoms with van der Waals surface area (Å²) in [5.74, 6) is 2.53. The number of benzene rings is 1. The number of methoxy groups -OCH3 is 1. The summed E-state index contributed by atoms with van der Waals surface area (Å²) in [5, 5.41) is 0. The summed E-state index contributed by atoms with van der Waals surface area (Å²) >= 11 is 0. The number of rotatable bonds is 4. The van der Waals surface area contributed by atoms with Crippen molar-refractivity contribution in [2.24, 2.45) is 0 Å². The van der Waals surface area contributed by atoms with E-state index in [0.717, 1.165) is 0 Å². The first-order chi connectivity index (χ1) is 7.69. The van der Waals surface area contributed by atoms with Gasteiger partial charge in [-0.15, -0.1) is 12.3 Å². The van der Waals surface area contributed by atoms with Crippen LogP contribution in [0, 0.1) is 12.3 Å². The first kappa shape index (κ1) is 12.1. The molecule has 0 radical (unpaired) electrons. The molecule has 1 rings (SSSR count). The number of carbonyl (C=O) groups excluding carboxylic acids is 1. The summed E-state index contributed by atoms with van der Waals surface area (Å²) < 4.78 is 10.2. The summed E-state index contributed by atoms with van der Waals surface area (Å²) in [7, 11) is 1.51. The lowest BCUT2D eigenvalue weighted by atomic mass is 10.2. The smallest absolute Gasteiger partial charge is 0.342 e. The molecule has 0 saturated heterocycles. The molecule has 0 amide bonds. The standard InChI is InChI=1S/C13H14O3/c1-4-7-10(2)16-13(14)11-8-5-6-9-12(11)15-3/h1,5-6,8-10H,7H2,2-3H3/t10-/m0/s1. The van der Waals surface area contributed by atoms with Crippen LogP contribution >= 0.6 is 0 Å². The van der Waals surface area contributed by atoms with Crippen LogP contribution in [-0.2, 0) is 4.74 Å². The van der Waals surface area contributed by atoms with Crippen LogP contribution in [0.25, 0.3) is 0 Å². The summed E-state index contributed by atoms with van der Waals surface area (Å²) in [5.41, 5.74) is 0.411. The summed E-state index contributed by atoms with van der Waals surface area (Å²) in [6.45, 7) is 1.76. The van der Waals surface area contributed by atoms with Gasteiger partial charge in [0.15, 0.2) is 0 Å². The Morgan fingerprint density at radius 3 is 2.81 bits per heavy atom. The van der Waals surface area contributed by atoms with Crippen molar-refractivity contribution in [3.8, 4) is 18.1 Å². The van der Waals surface area contributed by atoms with E-state index in [1.54, 1.807) is 31.2 Å². The van der Waals surface area contributed by atoms with Gasteiger partial charge >= 0.3 is 5.97 Å². The average molecular weight is 218 g/mol. The Bertz CT molecular complexity index is 404. The monoisotopic (exact) mass is 218 g/mol. The molecule has 0 unspecified atom stereocenters. The van der Waals surface area contributed by atoms with E-state index in [0.29, 0.717) is 17.7 Å². The predicted molar refractivity (Wildman–Crippen MR) is 61.3 cm³/mol. The molecule has 3 nitrogen and oxygen atoms in total. The van der Waals surface area contributed by atoms with E-state index in [4.69, 9.17) is 15.9 Å². The van der Waals surface area contributed by atoms with Gasteiger partial charge in [0.1, 0.15) is 17.4 Å². The first-order valence-electron chi connectivity index (χ1n) is 4.96. The zero-order chi connectivity index (χ0) is 12.0. The highest BCUT2D eigenvalue weighted by molar-refractivity contribution is 5.92. The maximum Gasteiger partial charge on any atom is 0.342 e. The van der Waals surface area contributed by atoms with Gasteiger partial charge in [0.05, 0.1) is 7.11 Å². The van der Waals surface area contributed by atoms with Crippen molar-refractivity contribution < 1.29 is 14.3 Å². The van der Waals surface area contributed by atoms with Crippen LogP contribution in [-0.4, -0.2) is 19.2 Å². The molecule has 16 heavy (non-hydrogen) atoms. The molecule has 0 heterocycles. The molecule has 84 valence electrons. The van der Waals surface area contributed by atoms with Gasteiger partial charge in [0.25, 0.3) is 0 Å². The van der Waals surface area contributed by atoms with Gasteiger partial charge in [-0.3, -0.25) is 0 Å². The minimum Gasteiger partial charge on any atom is -0.496 e. The molecule has 1 atom stereocenters. The van der Waals surface area contributed by atoms with Gasteiger partial charge in [0, 0.05) is 6.42 Å². The topological polar surface area (TPSA) is 35.5 Å². The fraction of sp³-hybridized carbons (Fsp3) is 0.308. The third kappa shape index (κ3) is 3.03. The molecule has 0 aliphatic rings. The van der Waals surface area contributed by atoms with Crippen LogP contribution in [0.2, 0.25) is 0 Å². The number of para-hydroxylation sites is 1. The highest BCUT2D eigenvalue weighted by Crippen LogP contribution is 2.18. The molecular weight excluding hydrogens is 204 g/mol. The summed E-state index contributed by atoms with van der Waals surface area (Å²) in [6.07, 6.45) is 5.25. The molecule has 0 aliphatic carbocycles. The maximum absolute atomic E-state index is 11.7. The van der Waals surface area contributed by atoms with E-state index >= 15 is 0 Å². The Hall–Kier alpha value is -1.95. The lowest BCUT2D eigenvalue weighted by Crippen LogP contribution is -2.15. The third-order valence-electron chi connectivity index (χ3n) is 2.04. The molecule has 0 saturated carbocycles. The Morgan fingerprint density at radius 1 is 1.50 bits per heavy atom. The Balaban J connectivity index is 2.77. The second-order valence-corrected chi connectivity index (χ2v) is 3.32. The SMILES string of the molecule is C#CC[C@H](C)OC(=O)c1ccccc1OC. The van der Waals surface area contributed by atoms with E-state index in [2.05, 4.69) is 5.92 Å². The van der Waals surface area contributed by atoms with Crippen molar-refractivity contribution in [2.75, 3.05) is 7.11 Å². The molecule has 0 N–H and O–H groups in total. The zero-order valence-corrected chi connectivity index (χ0v) is 9.40. The number of ether oxygens (including phenoxy) is 2. The molecule has 0 aliphatic heterocycles. The van der Waals surface area contributed by atoms with Crippen molar-refractivity contribution >= 4 is 5.97 Å². The molecular formula is C13H14O3. The van der Waals surface area contributed by atoms with Gasteiger partial charge in [-0.2, -0.15) is 0 Å². The highest BCUT2D eigenvalue weighted by atomic mass is 16.5. The van der Waals surface area contributed by atoms with Crippen molar-refractivity contribution in [3.05, 3.63) is 29.8 Å². The van der Waals surface area contributed by atoms with E-state index < -0.39 is 5.97 Å². The van der Waals surface area contributed by atoms with Crippen LogP contribution < -0.4 is 4.74 Å². The molecule has 0 bridgehead atoms. The lowest BCUT2D eigenvalue weighted by molar-refractivity contribution is 0.0348. The summed E-state index contributed by atoms with van der Waals surface area (Å²) in [4.78, 5) is 11.7. The minimum atomic E-state index is -0.416. The highest BCUT2D eigenvalue weighted by Gasteiger charge is 2.15. The zero-order valence-electron chi connectivity index (χ0n) is 9.40. The predicted octanol–water partition coefficient (Wildman–Crippen LogP) is 2.26.